The number of morpholine rings is 1. The highest BCUT2D eigenvalue weighted by Crippen LogP contribution is 2.27. The van der Waals surface area contributed by atoms with Crippen LogP contribution in [0, 0.1) is 11.8 Å². The normalized spacial score (nSPS) is 35.6. The summed E-state index contributed by atoms with van der Waals surface area (Å²) < 4.78 is 5.51. The van der Waals surface area contributed by atoms with Crippen molar-refractivity contribution < 1.29 is 4.74 Å². The van der Waals surface area contributed by atoms with E-state index in [-0.39, 0.29) is 12.4 Å². The molecule has 0 radical (unpaired) electrons. The van der Waals surface area contributed by atoms with Gasteiger partial charge in [-0.05, 0) is 37.8 Å². The quantitative estimate of drug-likeness (QED) is 0.849. The molecule has 4 nitrogen and oxygen atoms in total. The Labute approximate surface area is 136 Å². The van der Waals surface area contributed by atoms with Crippen molar-refractivity contribution >= 4 is 12.4 Å². The Morgan fingerprint density at radius 2 is 2.00 bits per heavy atom. The predicted octanol–water partition coefficient (Wildman–Crippen LogP) is 1.45. The number of hydrogen-bond donors (Lipinski definition) is 1. The maximum Gasteiger partial charge on any atom is 0.0594 e. The van der Waals surface area contributed by atoms with Crippen molar-refractivity contribution in [3.63, 3.8) is 0 Å². The summed E-state index contributed by atoms with van der Waals surface area (Å²) in [6, 6.07) is 0.778. The summed E-state index contributed by atoms with van der Waals surface area (Å²) in [5.74, 6) is 1.74. The molecule has 0 aromatic rings. The van der Waals surface area contributed by atoms with Crippen molar-refractivity contribution in [1.29, 1.82) is 0 Å². The molecule has 1 N–H and O–H groups in total. The summed E-state index contributed by atoms with van der Waals surface area (Å²) in [6.07, 6.45) is 4.10. The highest BCUT2D eigenvalue weighted by Gasteiger charge is 2.36. The fourth-order valence-corrected chi connectivity index (χ4v) is 4.26. The molecule has 0 amide bonds. The van der Waals surface area contributed by atoms with Crippen molar-refractivity contribution in [2.75, 3.05) is 59.0 Å². The van der Waals surface area contributed by atoms with Crippen LogP contribution in [0.1, 0.15) is 26.2 Å². The van der Waals surface area contributed by atoms with E-state index in [0.29, 0.717) is 0 Å². The lowest BCUT2D eigenvalue weighted by Crippen LogP contribution is -2.47. The summed E-state index contributed by atoms with van der Waals surface area (Å²) >= 11 is 0. The largest absolute Gasteiger partial charge is 0.379 e. The fraction of sp³-hybridized carbons (Fsp3) is 1.00. The monoisotopic (exact) mass is 317 g/mol. The van der Waals surface area contributed by atoms with Gasteiger partial charge in [0.25, 0.3) is 0 Å². The van der Waals surface area contributed by atoms with Crippen LogP contribution in [-0.2, 0) is 4.74 Å². The minimum Gasteiger partial charge on any atom is -0.379 e. The van der Waals surface area contributed by atoms with Crippen molar-refractivity contribution in [2.45, 2.75) is 32.2 Å². The Morgan fingerprint density at radius 3 is 2.67 bits per heavy atom. The van der Waals surface area contributed by atoms with Gasteiger partial charge in [0.1, 0.15) is 0 Å². The smallest absolute Gasteiger partial charge is 0.0594 e. The molecule has 5 heteroatoms. The van der Waals surface area contributed by atoms with Gasteiger partial charge in [0.05, 0.1) is 13.2 Å². The summed E-state index contributed by atoms with van der Waals surface area (Å²) in [7, 11) is 0. The maximum absolute atomic E-state index is 5.51. The van der Waals surface area contributed by atoms with Crippen LogP contribution < -0.4 is 5.32 Å². The van der Waals surface area contributed by atoms with Crippen molar-refractivity contribution in [3.05, 3.63) is 0 Å². The zero-order valence-corrected chi connectivity index (χ0v) is 14.2. The second-order valence-electron chi connectivity index (χ2n) is 6.81. The van der Waals surface area contributed by atoms with E-state index >= 15 is 0 Å². The highest BCUT2D eigenvalue weighted by atomic mass is 35.5. The first kappa shape index (κ1) is 17.5. The van der Waals surface area contributed by atoms with E-state index in [1.807, 2.05) is 0 Å². The van der Waals surface area contributed by atoms with Gasteiger partial charge in [-0.25, -0.2) is 0 Å². The number of rotatable bonds is 4. The molecule has 0 bridgehead atoms. The second kappa shape index (κ2) is 8.68. The third-order valence-corrected chi connectivity index (χ3v) is 5.44. The molecule has 3 saturated heterocycles. The van der Waals surface area contributed by atoms with E-state index in [0.717, 1.165) is 44.2 Å². The number of piperidine rings is 1. The third-order valence-electron chi connectivity index (χ3n) is 5.44. The maximum atomic E-state index is 5.51. The Kier molecular flexibility index (Phi) is 7.23. The first-order valence-corrected chi connectivity index (χ1v) is 8.61. The topological polar surface area (TPSA) is 27.7 Å². The molecule has 3 heterocycles. The van der Waals surface area contributed by atoms with Crippen LogP contribution in [-0.4, -0.2) is 74.9 Å². The average molecular weight is 318 g/mol. The van der Waals surface area contributed by atoms with Gasteiger partial charge in [-0.2, -0.15) is 0 Å². The number of hydrogen-bond acceptors (Lipinski definition) is 4. The molecule has 3 fully saturated rings. The van der Waals surface area contributed by atoms with Crippen LogP contribution in [0.4, 0.5) is 0 Å². The second-order valence-corrected chi connectivity index (χ2v) is 6.81. The number of nitrogens with zero attached hydrogens (tertiary/aromatic N) is 2. The molecule has 0 aromatic carbocycles. The summed E-state index contributed by atoms with van der Waals surface area (Å²) in [5, 5.41) is 3.55. The van der Waals surface area contributed by atoms with Crippen LogP contribution in [0.15, 0.2) is 0 Å². The van der Waals surface area contributed by atoms with Crippen LogP contribution >= 0.6 is 12.4 Å². The SMILES string of the molecule is CCC1CN(CC2CCCNC2)CC1N1CCOCC1.Cl. The molecular formula is C16H32ClN3O. The third kappa shape index (κ3) is 4.55. The molecule has 124 valence electrons. The lowest BCUT2D eigenvalue weighted by atomic mass is 9.99. The molecule has 0 aliphatic carbocycles. The lowest BCUT2D eigenvalue weighted by Gasteiger charge is -2.35. The van der Waals surface area contributed by atoms with Gasteiger partial charge >= 0.3 is 0 Å². The molecule has 0 aromatic heterocycles. The standard InChI is InChI=1S/C16H31N3O.ClH/c1-2-15-12-18(11-14-4-3-5-17-10-14)13-16(15)19-6-8-20-9-7-19;/h14-17H,2-13H2,1H3;1H. The Balaban J connectivity index is 0.00000161. The van der Waals surface area contributed by atoms with E-state index in [1.54, 1.807) is 0 Å². The summed E-state index contributed by atoms with van der Waals surface area (Å²) in [6.45, 7) is 12.9. The molecule has 3 atom stereocenters. The van der Waals surface area contributed by atoms with E-state index < -0.39 is 0 Å². The zero-order chi connectivity index (χ0) is 13.8. The van der Waals surface area contributed by atoms with Gasteiger partial charge in [-0.1, -0.05) is 13.3 Å². The number of halogens is 1. The Hall–Kier alpha value is 0.130. The first-order valence-electron chi connectivity index (χ1n) is 8.61. The van der Waals surface area contributed by atoms with Crippen LogP contribution in [0.3, 0.4) is 0 Å². The van der Waals surface area contributed by atoms with Gasteiger partial charge in [0.2, 0.25) is 0 Å². The van der Waals surface area contributed by atoms with Gasteiger partial charge in [0.15, 0.2) is 0 Å². The lowest BCUT2D eigenvalue weighted by molar-refractivity contribution is 0.00999. The Bertz CT molecular complexity index is 293. The van der Waals surface area contributed by atoms with E-state index in [9.17, 15) is 0 Å². The molecule has 3 rings (SSSR count). The van der Waals surface area contributed by atoms with Crippen LogP contribution in [0.25, 0.3) is 0 Å². The number of nitrogens with one attached hydrogen (secondary N) is 1. The molecule has 3 aliphatic heterocycles. The molecule has 21 heavy (non-hydrogen) atoms. The van der Waals surface area contributed by atoms with Crippen LogP contribution in [0.2, 0.25) is 0 Å². The van der Waals surface area contributed by atoms with E-state index in [1.165, 1.54) is 52.0 Å². The minimum atomic E-state index is 0. The fourth-order valence-electron chi connectivity index (χ4n) is 4.26. The van der Waals surface area contributed by atoms with Gasteiger partial charge in [-0.3, -0.25) is 4.90 Å². The number of ether oxygens (including phenoxy) is 1. The average Bonchev–Trinajstić information content (AvgIpc) is 2.92. The van der Waals surface area contributed by atoms with E-state index in [4.69, 9.17) is 4.74 Å². The summed E-state index contributed by atoms with van der Waals surface area (Å²) in [5.41, 5.74) is 0. The van der Waals surface area contributed by atoms with Gasteiger partial charge < -0.3 is 15.0 Å². The van der Waals surface area contributed by atoms with Gasteiger partial charge in [-0.15, -0.1) is 12.4 Å². The Morgan fingerprint density at radius 1 is 1.19 bits per heavy atom. The molecular weight excluding hydrogens is 286 g/mol. The van der Waals surface area contributed by atoms with Crippen molar-refractivity contribution in [2.24, 2.45) is 11.8 Å². The first-order chi connectivity index (χ1) is 9.86. The number of likely N-dealkylation sites (tertiary alicyclic amines) is 1. The molecule has 3 aliphatic rings. The van der Waals surface area contributed by atoms with Crippen LogP contribution in [0.5, 0.6) is 0 Å². The minimum absolute atomic E-state index is 0. The van der Waals surface area contributed by atoms with Crippen molar-refractivity contribution in [1.82, 2.24) is 15.1 Å². The zero-order valence-electron chi connectivity index (χ0n) is 13.4. The molecule has 0 saturated carbocycles. The van der Waals surface area contributed by atoms with Gasteiger partial charge in [0, 0.05) is 38.8 Å². The highest BCUT2D eigenvalue weighted by molar-refractivity contribution is 5.85. The molecule has 3 unspecified atom stereocenters. The van der Waals surface area contributed by atoms with Crippen molar-refractivity contribution in [3.8, 4) is 0 Å². The molecule has 0 spiro atoms. The van der Waals surface area contributed by atoms with E-state index in [2.05, 4.69) is 22.0 Å². The predicted molar refractivity (Wildman–Crippen MR) is 89.2 cm³/mol. The summed E-state index contributed by atoms with van der Waals surface area (Å²) in [4.78, 5) is 5.43.